The predicted molar refractivity (Wildman–Crippen MR) is 43.8 cm³/mol. The molecule has 0 aliphatic rings. The highest BCUT2D eigenvalue weighted by molar-refractivity contribution is 5.25. The molecule has 0 unspecified atom stereocenters. The van der Waals surface area contributed by atoms with E-state index in [9.17, 15) is 0 Å². The second-order valence-corrected chi connectivity index (χ2v) is 1.90. The summed E-state index contributed by atoms with van der Waals surface area (Å²) in [5.41, 5.74) is 5.59. The third kappa shape index (κ3) is 1.09. The van der Waals surface area contributed by atoms with Crippen LogP contribution in [0.3, 0.4) is 0 Å². The lowest BCUT2D eigenvalue weighted by Crippen LogP contribution is -2.20. The maximum absolute atomic E-state index is 3.55. The van der Waals surface area contributed by atoms with Crippen molar-refractivity contribution in [3.8, 4) is 0 Å². The Balaban J connectivity index is 3.88. The van der Waals surface area contributed by atoms with Crippen molar-refractivity contribution in [3.05, 3.63) is 47.9 Å². The van der Waals surface area contributed by atoms with E-state index in [0.717, 1.165) is 10.4 Å². The van der Waals surface area contributed by atoms with Crippen molar-refractivity contribution in [2.75, 3.05) is 0 Å². The summed E-state index contributed by atoms with van der Waals surface area (Å²) in [5, 5.41) is 1.91. The van der Waals surface area contributed by atoms with E-state index < -0.39 is 0 Å². The molecule has 0 nitrogen and oxygen atoms in total. The molecule has 0 fully saturated rings. The van der Waals surface area contributed by atoms with Gasteiger partial charge in [0.2, 0.25) is 0 Å². The van der Waals surface area contributed by atoms with Gasteiger partial charge >= 0.3 is 0 Å². The highest BCUT2D eigenvalue weighted by Gasteiger charge is 1.76. The summed E-state index contributed by atoms with van der Waals surface area (Å²) in [4.78, 5) is 0. The summed E-state index contributed by atoms with van der Waals surface area (Å²) in [5.74, 6) is 0. The molecule has 1 rings (SSSR count). The Morgan fingerprint density at radius 2 is 1.30 bits per heavy atom. The van der Waals surface area contributed by atoms with Gasteiger partial charge in [-0.3, -0.25) is 0 Å². The largest absolute Gasteiger partial charge is 0.119 e. The van der Waals surface area contributed by atoms with Crippen molar-refractivity contribution >= 4 is 11.5 Å². The SMILES string of the molecule is C=C=c1ccccc1=C=C. The van der Waals surface area contributed by atoms with Gasteiger partial charge in [0.05, 0.1) is 0 Å². The van der Waals surface area contributed by atoms with Crippen molar-refractivity contribution in [2.45, 2.75) is 0 Å². The van der Waals surface area contributed by atoms with Crippen LogP contribution < -0.4 is 10.4 Å². The standard InChI is InChI=1S/C10H8/c1-3-9-7-5-6-8-10(9)4-2/h5-8H,1-2H2. The van der Waals surface area contributed by atoms with E-state index in [1.807, 2.05) is 24.3 Å². The molecule has 0 saturated carbocycles. The average Bonchev–Trinajstić information content (AvgIpc) is 2.04. The molecule has 1 aromatic carbocycles. The molecule has 0 aromatic heterocycles. The molecule has 0 N–H and O–H groups in total. The van der Waals surface area contributed by atoms with Crippen molar-refractivity contribution < 1.29 is 0 Å². The second kappa shape index (κ2) is 2.89. The second-order valence-electron chi connectivity index (χ2n) is 1.90. The molecule has 0 atom stereocenters. The van der Waals surface area contributed by atoms with Crippen LogP contribution in [0, 0.1) is 0 Å². The lowest BCUT2D eigenvalue weighted by molar-refractivity contribution is 1.54. The molecule has 0 saturated heterocycles. The molecule has 0 radical (unpaired) electrons. The van der Waals surface area contributed by atoms with E-state index in [2.05, 4.69) is 24.6 Å². The number of hydrogen-bond acceptors (Lipinski definition) is 0. The van der Waals surface area contributed by atoms with Crippen LogP contribution in [-0.2, 0) is 0 Å². The van der Waals surface area contributed by atoms with Gasteiger partial charge in [0.15, 0.2) is 0 Å². The molecular weight excluding hydrogens is 120 g/mol. The van der Waals surface area contributed by atoms with E-state index in [1.165, 1.54) is 0 Å². The highest BCUT2D eigenvalue weighted by Crippen LogP contribution is 1.67. The fraction of sp³-hybridized carbons (Fsp3) is 0. The summed E-state index contributed by atoms with van der Waals surface area (Å²) >= 11 is 0. The Kier molecular flexibility index (Phi) is 1.92. The van der Waals surface area contributed by atoms with Crippen LogP contribution in [0.5, 0.6) is 0 Å². The zero-order chi connectivity index (χ0) is 7.40. The highest BCUT2D eigenvalue weighted by atomic mass is 13.8. The first kappa shape index (κ1) is 6.64. The van der Waals surface area contributed by atoms with Gasteiger partial charge in [-0.25, -0.2) is 0 Å². The Labute approximate surface area is 60.1 Å². The zero-order valence-electron chi connectivity index (χ0n) is 5.72. The van der Waals surface area contributed by atoms with Gasteiger partial charge in [0.1, 0.15) is 0 Å². The molecular formula is C10H8. The lowest BCUT2D eigenvalue weighted by atomic mass is 10.2. The summed E-state index contributed by atoms with van der Waals surface area (Å²) in [6, 6.07) is 7.74. The minimum Gasteiger partial charge on any atom is -0.119 e. The van der Waals surface area contributed by atoms with E-state index >= 15 is 0 Å². The average molecular weight is 128 g/mol. The zero-order valence-corrected chi connectivity index (χ0v) is 5.72. The normalized spacial score (nSPS) is 8.00. The van der Waals surface area contributed by atoms with Gasteiger partial charge < -0.3 is 0 Å². The van der Waals surface area contributed by atoms with Gasteiger partial charge in [-0.05, 0) is 12.1 Å². The summed E-state index contributed by atoms with van der Waals surface area (Å²) in [6.45, 7) is 7.09. The fourth-order valence-corrected chi connectivity index (χ4v) is 0.791. The Morgan fingerprint density at radius 3 is 1.60 bits per heavy atom. The third-order valence-electron chi connectivity index (χ3n) is 1.31. The van der Waals surface area contributed by atoms with Crippen LogP contribution >= 0.6 is 0 Å². The number of hydrogen-bond donors (Lipinski definition) is 0. The molecule has 0 heterocycles. The molecule has 0 aliphatic carbocycles. The van der Waals surface area contributed by atoms with Gasteiger partial charge in [-0.15, -0.1) is 11.5 Å². The lowest BCUT2D eigenvalue weighted by Gasteiger charge is -1.79. The number of rotatable bonds is 0. The number of benzene rings is 1. The quantitative estimate of drug-likeness (QED) is 0.485. The van der Waals surface area contributed by atoms with Crippen LogP contribution in [-0.4, -0.2) is 0 Å². The summed E-state index contributed by atoms with van der Waals surface area (Å²) < 4.78 is 0. The van der Waals surface area contributed by atoms with Gasteiger partial charge in [-0.1, -0.05) is 25.3 Å². The molecule has 10 heavy (non-hydrogen) atoms. The maximum atomic E-state index is 3.55. The van der Waals surface area contributed by atoms with E-state index in [1.54, 1.807) is 0 Å². The minimum absolute atomic E-state index is 0.956. The third-order valence-corrected chi connectivity index (χ3v) is 1.31. The summed E-state index contributed by atoms with van der Waals surface area (Å²) in [6.07, 6.45) is 0. The molecule has 1 aromatic rings. The molecule has 48 valence electrons. The van der Waals surface area contributed by atoms with Crippen LogP contribution in [0.2, 0.25) is 0 Å². The monoisotopic (exact) mass is 128 g/mol. The van der Waals surface area contributed by atoms with Crippen molar-refractivity contribution in [1.29, 1.82) is 0 Å². The smallest absolute Gasteiger partial charge is 0.0308 e. The predicted octanol–water partition coefficient (Wildman–Crippen LogP) is 0.817. The molecule has 0 aliphatic heterocycles. The van der Waals surface area contributed by atoms with E-state index in [0.29, 0.717) is 0 Å². The van der Waals surface area contributed by atoms with Crippen LogP contribution in [0.4, 0.5) is 0 Å². The fourth-order valence-electron chi connectivity index (χ4n) is 0.791. The molecule has 0 bridgehead atoms. The maximum Gasteiger partial charge on any atom is 0.0308 e. The first-order valence-electron chi connectivity index (χ1n) is 3.03. The van der Waals surface area contributed by atoms with Gasteiger partial charge in [-0.2, -0.15) is 0 Å². The van der Waals surface area contributed by atoms with Crippen LogP contribution in [0.15, 0.2) is 37.4 Å². The van der Waals surface area contributed by atoms with Crippen LogP contribution in [0.25, 0.3) is 11.5 Å². The molecule has 0 heteroatoms. The Morgan fingerprint density at radius 1 is 0.900 bits per heavy atom. The topological polar surface area (TPSA) is 0 Å². The minimum atomic E-state index is 0.956. The molecule has 0 spiro atoms. The Hall–Kier alpha value is -1.48. The van der Waals surface area contributed by atoms with Crippen molar-refractivity contribution in [2.24, 2.45) is 0 Å². The van der Waals surface area contributed by atoms with Crippen LogP contribution in [0.1, 0.15) is 0 Å². The first-order chi connectivity index (χ1) is 4.88. The summed E-state index contributed by atoms with van der Waals surface area (Å²) in [7, 11) is 0. The van der Waals surface area contributed by atoms with Crippen molar-refractivity contribution in [1.82, 2.24) is 0 Å². The first-order valence-corrected chi connectivity index (χ1v) is 3.03. The van der Waals surface area contributed by atoms with Gasteiger partial charge in [0, 0.05) is 10.4 Å². The Bertz CT molecular complexity index is 336. The van der Waals surface area contributed by atoms with Crippen molar-refractivity contribution in [3.63, 3.8) is 0 Å². The van der Waals surface area contributed by atoms with E-state index in [-0.39, 0.29) is 0 Å². The van der Waals surface area contributed by atoms with Gasteiger partial charge in [0.25, 0.3) is 0 Å². The molecule has 0 amide bonds. The van der Waals surface area contributed by atoms with E-state index in [4.69, 9.17) is 0 Å².